The number of carbonyl (C=O) groups excluding carboxylic acids is 1. The molecule has 0 spiro atoms. The second kappa shape index (κ2) is 13.8. The molecule has 0 amide bonds. The molecule has 0 aliphatic heterocycles. The fraction of sp³-hybridized carbons (Fsp3) is 0.917. The molecule has 0 aromatic heterocycles. The van der Waals surface area contributed by atoms with Crippen LogP contribution in [-0.2, 0) is 9.53 Å². The highest BCUT2D eigenvalue weighted by atomic mass is 35.5. The minimum absolute atomic E-state index is 0. The summed E-state index contributed by atoms with van der Waals surface area (Å²) in [5.74, 6) is -0.159. The van der Waals surface area contributed by atoms with Crippen molar-refractivity contribution in [2.24, 2.45) is 0 Å². The molecule has 0 aromatic rings. The summed E-state index contributed by atoms with van der Waals surface area (Å²) >= 11 is 0. The standard InChI is InChI=1S/C12H24O2.ClH/c1-3-4-5-6-7-8-9-10-11-14-12(2)13;/h3-11H2,1-2H3;1H. The van der Waals surface area contributed by atoms with E-state index in [1.165, 1.54) is 51.9 Å². The van der Waals surface area contributed by atoms with E-state index in [0.29, 0.717) is 6.61 Å². The molecule has 0 saturated carbocycles. The van der Waals surface area contributed by atoms with Crippen LogP contribution in [0.5, 0.6) is 0 Å². The van der Waals surface area contributed by atoms with Gasteiger partial charge in [0, 0.05) is 6.92 Å². The molecule has 0 aliphatic carbocycles. The largest absolute Gasteiger partial charge is 0.466 e. The summed E-state index contributed by atoms with van der Waals surface area (Å²) in [5, 5.41) is 0. The molecule has 0 fully saturated rings. The predicted molar refractivity (Wildman–Crippen MR) is 66.5 cm³/mol. The van der Waals surface area contributed by atoms with Crippen molar-refractivity contribution in [1.82, 2.24) is 0 Å². The molecule has 0 saturated heterocycles. The Balaban J connectivity index is 0. The van der Waals surface area contributed by atoms with Crippen molar-refractivity contribution in [2.45, 2.75) is 65.2 Å². The fourth-order valence-electron chi connectivity index (χ4n) is 1.45. The van der Waals surface area contributed by atoms with Crippen LogP contribution < -0.4 is 0 Å². The van der Waals surface area contributed by atoms with Crippen LogP contribution in [0.15, 0.2) is 0 Å². The first-order valence-electron chi connectivity index (χ1n) is 5.90. The summed E-state index contributed by atoms with van der Waals surface area (Å²) in [5.41, 5.74) is 0. The van der Waals surface area contributed by atoms with E-state index in [1.54, 1.807) is 0 Å². The highest BCUT2D eigenvalue weighted by molar-refractivity contribution is 5.85. The van der Waals surface area contributed by atoms with Crippen molar-refractivity contribution in [2.75, 3.05) is 6.61 Å². The minimum Gasteiger partial charge on any atom is -0.466 e. The monoisotopic (exact) mass is 236 g/mol. The summed E-state index contributed by atoms with van der Waals surface area (Å²) in [6, 6.07) is 0. The molecule has 92 valence electrons. The Kier molecular flexibility index (Phi) is 15.7. The minimum atomic E-state index is -0.159. The number of hydrogen-bond donors (Lipinski definition) is 0. The fourth-order valence-corrected chi connectivity index (χ4v) is 1.45. The first-order valence-corrected chi connectivity index (χ1v) is 5.90. The van der Waals surface area contributed by atoms with Crippen LogP contribution in [0.4, 0.5) is 0 Å². The molecule has 0 atom stereocenters. The van der Waals surface area contributed by atoms with E-state index in [1.807, 2.05) is 0 Å². The zero-order valence-corrected chi connectivity index (χ0v) is 10.9. The summed E-state index contributed by atoms with van der Waals surface area (Å²) in [6.45, 7) is 4.30. The van der Waals surface area contributed by atoms with Crippen LogP contribution in [0.2, 0.25) is 0 Å². The lowest BCUT2D eigenvalue weighted by atomic mass is 10.1. The smallest absolute Gasteiger partial charge is 0.302 e. The van der Waals surface area contributed by atoms with Gasteiger partial charge in [0.05, 0.1) is 6.61 Å². The lowest BCUT2D eigenvalue weighted by Gasteiger charge is -2.02. The van der Waals surface area contributed by atoms with Gasteiger partial charge in [0.15, 0.2) is 0 Å². The number of rotatable bonds is 9. The van der Waals surface area contributed by atoms with Crippen LogP contribution >= 0.6 is 12.4 Å². The van der Waals surface area contributed by atoms with Gasteiger partial charge in [-0.25, -0.2) is 0 Å². The molecule has 0 heterocycles. The maximum absolute atomic E-state index is 10.4. The highest BCUT2D eigenvalue weighted by Gasteiger charge is 1.93. The molecule has 0 aliphatic rings. The number of unbranched alkanes of at least 4 members (excludes halogenated alkanes) is 7. The zero-order chi connectivity index (χ0) is 10.6. The quantitative estimate of drug-likeness (QED) is 0.445. The zero-order valence-electron chi connectivity index (χ0n) is 10.1. The Morgan fingerprint density at radius 3 is 1.87 bits per heavy atom. The summed E-state index contributed by atoms with van der Waals surface area (Å²) in [6.07, 6.45) is 10.2. The number of ether oxygens (including phenoxy) is 1. The molecule has 0 rings (SSSR count). The Morgan fingerprint density at radius 1 is 0.933 bits per heavy atom. The molecule has 0 aromatic carbocycles. The van der Waals surface area contributed by atoms with Gasteiger partial charge in [-0.2, -0.15) is 0 Å². The molecule has 0 bridgehead atoms. The molecule has 0 unspecified atom stereocenters. The maximum atomic E-state index is 10.4. The SMILES string of the molecule is CCCCCCCCCCOC(C)=O.Cl. The molecule has 2 nitrogen and oxygen atoms in total. The molecule has 0 radical (unpaired) electrons. The summed E-state index contributed by atoms with van der Waals surface area (Å²) in [4.78, 5) is 10.4. The van der Waals surface area contributed by atoms with E-state index in [9.17, 15) is 4.79 Å². The number of esters is 1. The van der Waals surface area contributed by atoms with Crippen molar-refractivity contribution < 1.29 is 9.53 Å². The van der Waals surface area contributed by atoms with Crippen LogP contribution in [-0.4, -0.2) is 12.6 Å². The lowest BCUT2D eigenvalue weighted by molar-refractivity contribution is -0.141. The van der Waals surface area contributed by atoms with Crippen LogP contribution in [0.25, 0.3) is 0 Å². The normalized spacial score (nSPS) is 9.47. The van der Waals surface area contributed by atoms with Gasteiger partial charge >= 0.3 is 5.97 Å². The third-order valence-corrected chi connectivity index (χ3v) is 2.30. The van der Waals surface area contributed by atoms with E-state index < -0.39 is 0 Å². The van der Waals surface area contributed by atoms with E-state index in [2.05, 4.69) is 6.92 Å². The molecule has 3 heteroatoms. The molecule has 15 heavy (non-hydrogen) atoms. The predicted octanol–water partition coefficient (Wildman–Crippen LogP) is 4.11. The van der Waals surface area contributed by atoms with Crippen LogP contribution in [0, 0.1) is 0 Å². The van der Waals surface area contributed by atoms with Crippen molar-refractivity contribution in [3.63, 3.8) is 0 Å². The third kappa shape index (κ3) is 16.4. The van der Waals surface area contributed by atoms with E-state index in [-0.39, 0.29) is 18.4 Å². The molecular formula is C12H25ClO2. The van der Waals surface area contributed by atoms with Crippen LogP contribution in [0.3, 0.4) is 0 Å². The lowest BCUT2D eigenvalue weighted by Crippen LogP contribution is -1.99. The van der Waals surface area contributed by atoms with Gasteiger partial charge in [-0.1, -0.05) is 51.9 Å². The number of halogens is 1. The second-order valence-electron chi connectivity index (χ2n) is 3.81. The van der Waals surface area contributed by atoms with Crippen molar-refractivity contribution in [3.05, 3.63) is 0 Å². The topological polar surface area (TPSA) is 26.3 Å². The average Bonchev–Trinajstić information content (AvgIpc) is 2.15. The van der Waals surface area contributed by atoms with Gasteiger partial charge < -0.3 is 4.74 Å². The third-order valence-electron chi connectivity index (χ3n) is 2.30. The Labute approximate surface area is 100 Å². The summed E-state index contributed by atoms with van der Waals surface area (Å²) < 4.78 is 4.85. The molecular weight excluding hydrogens is 212 g/mol. The average molecular weight is 237 g/mol. The van der Waals surface area contributed by atoms with Crippen molar-refractivity contribution in [1.29, 1.82) is 0 Å². The first kappa shape index (κ1) is 17.2. The molecule has 0 N–H and O–H groups in total. The van der Waals surface area contributed by atoms with E-state index >= 15 is 0 Å². The van der Waals surface area contributed by atoms with Gasteiger partial charge in [-0.15, -0.1) is 12.4 Å². The van der Waals surface area contributed by atoms with E-state index in [4.69, 9.17) is 4.74 Å². The van der Waals surface area contributed by atoms with E-state index in [0.717, 1.165) is 6.42 Å². The summed E-state index contributed by atoms with van der Waals surface area (Å²) in [7, 11) is 0. The Morgan fingerprint density at radius 2 is 1.40 bits per heavy atom. The van der Waals surface area contributed by atoms with Gasteiger partial charge in [0.2, 0.25) is 0 Å². The van der Waals surface area contributed by atoms with Crippen LogP contribution in [0.1, 0.15) is 65.2 Å². The van der Waals surface area contributed by atoms with Crippen molar-refractivity contribution in [3.8, 4) is 0 Å². The van der Waals surface area contributed by atoms with Gasteiger partial charge in [-0.3, -0.25) is 4.79 Å². The van der Waals surface area contributed by atoms with Crippen molar-refractivity contribution >= 4 is 18.4 Å². The number of carbonyl (C=O) groups is 1. The Bertz CT molecular complexity index is 138. The maximum Gasteiger partial charge on any atom is 0.302 e. The van der Waals surface area contributed by atoms with Gasteiger partial charge in [-0.05, 0) is 6.42 Å². The first-order chi connectivity index (χ1) is 6.77. The van der Waals surface area contributed by atoms with Gasteiger partial charge in [0.25, 0.3) is 0 Å². The highest BCUT2D eigenvalue weighted by Crippen LogP contribution is 2.08. The Hall–Kier alpha value is -0.240. The van der Waals surface area contributed by atoms with Gasteiger partial charge in [0.1, 0.15) is 0 Å². The number of hydrogen-bond acceptors (Lipinski definition) is 2. The second-order valence-corrected chi connectivity index (χ2v) is 3.81.